The van der Waals surface area contributed by atoms with Crippen LogP contribution < -0.4 is 0 Å². The topological polar surface area (TPSA) is 23.1 Å². The average molecular weight is 178 g/mol. The number of hydrogen-bond donors (Lipinski definition) is 0. The van der Waals surface area contributed by atoms with Crippen LogP contribution in [0.1, 0.15) is 25.6 Å². The third kappa shape index (κ3) is 2.54. The quantitative estimate of drug-likeness (QED) is 0.649. The molecule has 0 aliphatic rings. The van der Waals surface area contributed by atoms with E-state index < -0.39 is 6.23 Å². The average Bonchev–Trinajstić information content (AvgIpc) is 2.21. The van der Waals surface area contributed by atoms with Crippen molar-refractivity contribution < 1.29 is 5.11 Å². The van der Waals surface area contributed by atoms with Crippen molar-refractivity contribution in [3.8, 4) is 0 Å². The first-order chi connectivity index (χ1) is 6.29. The van der Waals surface area contributed by atoms with E-state index in [1.165, 1.54) is 0 Å². The Bertz CT molecular complexity index is 231. The van der Waals surface area contributed by atoms with Crippen molar-refractivity contribution in [2.24, 2.45) is 0 Å². The van der Waals surface area contributed by atoms with E-state index in [1.54, 1.807) is 0 Å². The van der Waals surface area contributed by atoms with Gasteiger partial charge in [-0.25, -0.2) is 5.11 Å². The zero-order valence-corrected chi connectivity index (χ0v) is 8.23. The maximum Gasteiger partial charge on any atom is 0.172 e. The second kappa shape index (κ2) is 5.00. The minimum atomic E-state index is -0.712. The monoisotopic (exact) mass is 178 g/mol. The first-order valence-electron chi connectivity index (χ1n) is 4.74. The van der Waals surface area contributed by atoms with Gasteiger partial charge in [-0.2, -0.15) is 0 Å². The smallest absolute Gasteiger partial charge is 0.172 e. The van der Waals surface area contributed by atoms with Crippen LogP contribution in [0.4, 0.5) is 0 Å². The summed E-state index contributed by atoms with van der Waals surface area (Å²) in [6, 6.07) is 9.51. The second-order valence-corrected chi connectivity index (χ2v) is 2.98. The van der Waals surface area contributed by atoms with Crippen LogP contribution in [0.5, 0.6) is 0 Å². The lowest BCUT2D eigenvalue weighted by Gasteiger charge is -2.23. The van der Waals surface area contributed by atoms with Gasteiger partial charge in [0, 0.05) is 0 Å². The highest BCUT2D eigenvalue weighted by Crippen LogP contribution is 2.16. The predicted octanol–water partition coefficient (Wildman–Crippen LogP) is 2.46. The van der Waals surface area contributed by atoms with Crippen molar-refractivity contribution in [1.29, 1.82) is 0 Å². The molecule has 0 saturated heterocycles. The van der Waals surface area contributed by atoms with Crippen LogP contribution in [0.25, 0.3) is 0 Å². The van der Waals surface area contributed by atoms with Gasteiger partial charge in [0.25, 0.3) is 0 Å². The van der Waals surface area contributed by atoms with E-state index in [-0.39, 0.29) is 0 Å². The Kier molecular flexibility index (Phi) is 3.93. The molecule has 0 aliphatic carbocycles. The second-order valence-electron chi connectivity index (χ2n) is 2.98. The first-order valence-corrected chi connectivity index (χ1v) is 4.74. The lowest BCUT2D eigenvalue weighted by Crippen LogP contribution is -2.27. The molecule has 0 saturated carbocycles. The molecule has 0 bridgehead atoms. The first kappa shape index (κ1) is 10.2. The van der Waals surface area contributed by atoms with E-state index in [1.807, 2.05) is 49.1 Å². The molecular weight excluding hydrogens is 162 g/mol. The Balaban J connectivity index is 2.72. The van der Waals surface area contributed by atoms with Gasteiger partial charge in [0.15, 0.2) is 6.23 Å². The molecule has 1 aromatic rings. The summed E-state index contributed by atoms with van der Waals surface area (Å²) in [6.45, 7) is 5.63. The molecule has 0 aliphatic heterocycles. The van der Waals surface area contributed by atoms with E-state index in [9.17, 15) is 5.11 Å². The lowest BCUT2D eigenvalue weighted by molar-refractivity contribution is -0.0462. The fourth-order valence-corrected chi connectivity index (χ4v) is 1.38. The van der Waals surface area contributed by atoms with Crippen molar-refractivity contribution in [3.05, 3.63) is 35.9 Å². The summed E-state index contributed by atoms with van der Waals surface area (Å²) in [6.07, 6.45) is -0.712. The normalized spacial score (nSPS) is 13.2. The van der Waals surface area contributed by atoms with E-state index >= 15 is 0 Å². The van der Waals surface area contributed by atoms with E-state index in [0.29, 0.717) is 0 Å². The summed E-state index contributed by atoms with van der Waals surface area (Å²) in [5, 5.41) is 11.8. The largest absolute Gasteiger partial charge is 0.272 e. The number of rotatable bonds is 4. The third-order valence-corrected chi connectivity index (χ3v) is 2.23. The van der Waals surface area contributed by atoms with Gasteiger partial charge < -0.3 is 0 Å². The molecule has 13 heavy (non-hydrogen) atoms. The van der Waals surface area contributed by atoms with Gasteiger partial charge in [-0.15, -0.1) is 0 Å². The highest BCUT2D eigenvalue weighted by atomic mass is 16.3. The van der Waals surface area contributed by atoms with Gasteiger partial charge in [-0.1, -0.05) is 44.2 Å². The summed E-state index contributed by atoms with van der Waals surface area (Å²) in [4.78, 5) is 1.90. The van der Waals surface area contributed by atoms with Gasteiger partial charge in [-0.3, -0.25) is 4.90 Å². The van der Waals surface area contributed by atoms with Crippen LogP contribution >= 0.6 is 0 Å². The van der Waals surface area contributed by atoms with E-state index in [2.05, 4.69) is 0 Å². The maximum absolute atomic E-state index is 11.8. The molecule has 2 nitrogen and oxygen atoms in total. The molecule has 71 valence electrons. The molecule has 1 unspecified atom stereocenters. The predicted molar refractivity (Wildman–Crippen MR) is 52.8 cm³/mol. The molecule has 1 radical (unpaired) electrons. The molecule has 0 N–H and O–H groups in total. The van der Waals surface area contributed by atoms with Gasteiger partial charge >= 0.3 is 0 Å². The van der Waals surface area contributed by atoms with Gasteiger partial charge in [0.2, 0.25) is 0 Å². The van der Waals surface area contributed by atoms with Crippen molar-refractivity contribution in [2.45, 2.75) is 20.1 Å². The minimum absolute atomic E-state index is 0.712. The standard InChI is InChI=1S/C11H16NO/c1-3-12(4-2)11(13)10-8-6-5-7-9-10/h5-9,11H,3-4H2,1-2H3. The molecule has 0 heterocycles. The molecule has 0 amide bonds. The molecule has 1 rings (SSSR count). The Labute approximate surface area is 79.8 Å². The van der Waals surface area contributed by atoms with Gasteiger partial charge in [-0.05, 0) is 18.7 Å². The summed E-state index contributed by atoms with van der Waals surface area (Å²) in [5.74, 6) is 0. The summed E-state index contributed by atoms with van der Waals surface area (Å²) in [5.41, 5.74) is 0.853. The Morgan fingerprint density at radius 3 is 2.15 bits per heavy atom. The molecule has 0 aromatic heterocycles. The number of hydrogen-bond acceptors (Lipinski definition) is 1. The van der Waals surface area contributed by atoms with Crippen LogP contribution in [0.15, 0.2) is 30.3 Å². The van der Waals surface area contributed by atoms with Crippen molar-refractivity contribution in [2.75, 3.05) is 13.1 Å². The maximum atomic E-state index is 11.8. The molecule has 1 atom stereocenters. The van der Waals surface area contributed by atoms with Crippen LogP contribution in [-0.4, -0.2) is 18.0 Å². The summed E-state index contributed by atoms with van der Waals surface area (Å²) < 4.78 is 0. The van der Waals surface area contributed by atoms with Crippen LogP contribution in [0.2, 0.25) is 0 Å². The Morgan fingerprint density at radius 1 is 1.15 bits per heavy atom. The summed E-state index contributed by atoms with van der Waals surface area (Å²) in [7, 11) is 0. The zero-order chi connectivity index (χ0) is 9.68. The fraction of sp³-hybridized carbons (Fsp3) is 0.455. The molecule has 1 aromatic carbocycles. The highest BCUT2D eigenvalue weighted by molar-refractivity contribution is 5.16. The van der Waals surface area contributed by atoms with Gasteiger partial charge in [0.05, 0.1) is 0 Å². The highest BCUT2D eigenvalue weighted by Gasteiger charge is 2.14. The Morgan fingerprint density at radius 2 is 1.69 bits per heavy atom. The van der Waals surface area contributed by atoms with Crippen molar-refractivity contribution >= 4 is 0 Å². The SMILES string of the molecule is CCN(CC)C([O])c1ccccc1. The zero-order valence-electron chi connectivity index (χ0n) is 8.23. The van der Waals surface area contributed by atoms with Crippen molar-refractivity contribution in [1.82, 2.24) is 4.90 Å². The fourth-order valence-electron chi connectivity index (χ4n) is 1.38. The van der Waals surface area contributed by atoms with E-state index in [0.717, 1.165) is 18.7 Å². The molecule has 0 spiro atoms. The minimum Gasteiger partial charge on any atom is -0.272 e. The Hall–Kier alpha value is -0.860. The summed E-state index contributed by atoms with van der Waals surface area (Å²) >= 11 is 0. The number of nitrogens with zero attached hydrogens (tertiary/aromatic N) is 1. The van der Waals surface area contributed by atoms with Crippen LogP contribution in [0, 0.1) is 0 Å². The lowest BCUT2D eigenvalue weighted by atomic mass is 10.2. The van der Waals surface area contributed by atoms with Gasteiger partial charge in [0.1, 0.15) is 0 Å². The molecule has 0 fully saturated rings. The molecule has 2 heteroatoms. The number of benzene rings is 1. The van der Waals surface area contributed by atoms with Crippen LogP contribution in [0.3, 0.4) is 0 Å². The van der Waals surface area contributed by atoms with E-state index in [4.69, 9.17) is 0 Å². The van der Waals surface area contributed by atoms with Crippen LogP contribution in [-0.2, 0) is 5.11 Å². The molecular formula is C11H16NO. The van der Waals surface area contributed by atoms with Crippen molar-refractivity contribution in [3.63, 3.8) is 0 Å². The third-order valence-electron chi connectivity index (χ3n) is 2.23.